The Hall–Kier alpha value is -4.71. The molecule has 53 heavy (non-hydrogen) atoms. The predicted octanol–water partition coefficient (Wildman–Crippen LogP) is 12.4. The summed E-state index contributed by atoms with van der Waals surface area (Å²) in [6, 6.07) is 53.8. The molecule has 0 bridgehead atoms. The van der Waals surface area contributed by atoms with Gasteiger partial charge < -0.3 is 9.55 Å². The first-order chi connectivity index (χ1) is 25.0. The maximum absolute atomic E-state index is 5.03. The number of nitrogens with zero attached hydrogens (tertiary/aromatic N) is 3. The summed E-state index contributed by atoms with van der Waals surface area (Å²) in [4.78, 5) is 9.70. The number of aromatic nitrogens is 3. The Morgan fingerprint density at radius 1 is 0.698 bits per heavy atom. The van der Waals surface area contributed by atoms with Crippen molar-refractivity contribution in [2.75, 3.05) is 0 Å². The molecule has 3 aromatic heterocycles. The van der Waals surface area contributed by atoms with Crippen LogP contribution in [0, 0.1) is 12.1 Å². The standard InChI is InChI=1S/C29H23N2S.C18H18NSi.Ir/c1-29(2,3)20-13-15-21(16-14-20)31-25-10-6-5-9-24(25)30-28(31)19-12-17-23-22-8-4-7-11-26(22)32-27(23)18-19;1-20(2,3)15-11-12-18(19-13-15)17-10-6-8-14-7-4-5-9-16(14)17;/h4-11,13-18H,1-3H3;4-9,11-13H,1-3H3;/q2*-1;. The van der Waals surface area contributed by atoms with Crippen molar-refractivity contribution in [1.82, 2.24) is 14.5 Å². The van der Waals surface area contributed by atoms with Crippen LogP contribution < -0.4 is 5.19 Å². The summed E-state index contributed by atoms with van der Waals surface area (Å²) < 4.78 is 4.83. The second-order valence-corrected chi connectivity index (χ2v) is 21.6. The largest absolute Gasteiger partial charge is 0.333 e. The molecular formula is C47H41IrN3SSi-2. The summed E-state index contributed by atoms with van der Waals surface area (Å²) >= 11 is 1.83. The minimum atomic E-state index is -1.28. The topological polar surface area (TPSA) is 30.7 Å². The van der Waals surface area contributed by atoms with E-state index >= 15 is 0 Å². The molecule has 0 spiro atoms. The van der Waals surface area contributed by atoms with Crippen molar-refractivity contribution in [3.05, 3.63) is 157 Å². The van der Waals surface area contributed by atoms with Gasteiger partial charge in [-0.3, -0.25) is 4.98 Å². The first kappa shape index (κ1) is 36.6. The van der Waals surface area contributed by atoms with Crippen LogP contribution in [-0.2, 0) is 25.5 Å². The minimum Gasteiger partial charge on any atom is -0.333 e. The van der Waals surface area contributed by atoms with Gasteiger partial charge in [0.15, 0.2) is 0 Å². The average molecular weight is 900 g/mol. The summed E-state index contributed by atoms with van der Waals surface area (Å²) in [5.74, 6) is 0.925. The molecule has 265 valence electrons. The number of fused-ring (bicyclic) bond motifs is 5. The average Bonchev–Trinajstić information content (AvgIpc) is 3.73. The van der Waals surface area contributed by atoms with E-state index in [1.807, 2.05) is 29.7 Å². The van der Waals surface area contributed by atoms with E-state index in [1.54, 1.807) is 0 Å². The third-order valence-corrected chi connectivity index (χ3v) is 12.9. The van der Waals surface area contributed by atoms with Crippen LogP contribution in [0.2, 0.25) is 19.6 Å². The Morgan fingerprint density at radius 2 is 1.42 bits per heavy atom. The van der Waals surface area contributed by atoms with Crippen molar-refractivity contribution >= 4 is 66.6 Å². The predicted molar refractivity (Wildman–Crippen MR) is 226 cm³/mol. The molecule has 9 aromatic rings. The third-order valence-electron chi connectivity index (χ3n) is 9.71. The van der Waals surface area contributed by atoms with Crippen LogP contribution >= 0.6 is 11.3 Å². The van der Waals surface area contributed by atoms with Crippen LogP contribution in [0.1, 0.15) is 26.3 Å². The SMILES string of the molecule is CC(C)(C)c1ccc(-n2c(-c3[c-]cc4c(c3)sc3ccccc34)nc3ccccc32)cc1.C[Si](C)(C)c1ccc(-c2[c-]ccc3ccccc23)nc1.[Ir]. The van der Waals surface area contributed by atoms with Crippen molar-refractivity contribution in [2.24, 2.45) is 0 Å². The maximum atomic E-state index is 5.03. The molecule has 0 aliphatic carbocycles. The Morgan fingerprint density at radius 3 is 2.15 bits per heavy atom. The van der Waals surface area contributed by atoms with E-state index in [1.165, 1.54) is 41.7 Å². The molecule has 3 heterocycles. The van der Waals surface area contributed by atoms with E-state index in [9.17, 15) is 0 Å². The molecule has 3 nitrogen and oxygen atoms in total. The molecule has 0 amide bonds. The summed E-state index contributed by atoms with van der Waals surface area (Å²) in [6.07, 6.45) is 2.04. The Balaban J connectivity index is 0.000000179. The van der Waals surface area contributed by atoms with Gasteiger partial charge in [-0.1, -0.05) is 130 Å². The fourth-order valence-corrected chi connectivity index (χ4v) is 8.89. The van der Waals surface area contributed by atoms with Crippen LogP contribution in [0.5, 0.6) is 0 Å². The van der Waals surface area contributed by atoms with Crippen molar-refractivity contribution in [3.8, 4) is 28.3 Å². The van der Waals surface area contributed by atoms with E-state index in [0.29, 0.717) is 0 Å². The molecule has 1 radical (unpaired) electrons. The molecule has 0 N–H and O–H groups in total. The van der Waals surface area contributed by atoms with E-state index in [4.69, 9.17) is 4.98 Å². The molecule has 6 heteroatoms. The second kappa shape index (κ2) is 14.6. The van der Waals surface area contributed by atoms with Crippen LogP contribution in [0.15, 0.2) is 140 Å². The smallest absolute Gasteiger partial charge is 0.0795 e. The molecule has 0 saturated carbocycles. The van der Waals surface area contributed by atoms with Gasteiger partial charge in [0.2, 0.25) is 0 Å². The van der Waals surface area contributed by atoms with Crippen molar-refractivity contribution in [3.63, 3.8) is 0 Å². The Kier molecular flexibility index (Phi) is 10.1. The molecule has 6 aromatic carbocycles. The maximum Gasteiger partial charge on any atom is 0.0795 e. The van der Waals surface area contributed by atoms with E-state index in [0.717, 1.165) is 39.4 Å². The fourth-order valence-electron chi connectivity index (χ4n) is 6.73. The quantitative estimate of drug-likeness (QED) is 0.130. The van der Waals surface area contributed by atoms with Crippen molar-refractivity contribution in [2.45, 2.75) is 45.8 Å². The van der Waals surface area contributed by atoms with Crippen molar-refractivity contribution in [1.29, 1.82) is 0 Å². The van der Waals surface area contributed by atoms with Gasteiger partial charge in [0, 0.05) is 36.7 Å². The molecule has 0 saturated heterocycles. The van der Waals surface area contributed by atoms with E-state index < -0.39 is 8.07 Å². The van der Waals surface area contributed by atoms with Gasteiger partial charge >= 0.3 is 0 Å². The molecule has 0 aliphatic heterocycles. The second-order valence-electron chi connectivity index (χ2n) is 15.4. The molecule has 0 fully saturated rings. The molecule has 9 rings (SSSR count). The number of hydrogen-bond acceptors (Lipinski definition) is 3. The number of imidazole rings is 1. The van der Waals surface area contributed by atoms with Crippen LogP contribution in [-0.4, -0.2) is 22.6 Å². The normalized spacial score (nSPS) is 11.8. The Bertz CT molecular complexity index is 2690. The molecular weight excluding hydrogens is 859 g/mol. The monoisotopic (exact) mass is 900 g/mol. The Labute approximate surface area is 330 Å². The van der Waals surface area contributed by atoms with E-state index in [2.05, 4.69) is 183 Å². The van der Waals surface area contributed by atoms with Gasteiger partial charge in [0.1, 0.15) is 0 Å². The number of thiophene rings is 1. The number of benzene rings is 6. The molecule has 0 unspecified atom stereocenters. The number of hydrogen-bond donors (Lipinski definition) is 0. The van der Waals surface area contributed by atoms with Gasteiger partial charge in [-0.25, -0.2) is 0 Å². The minimum absolute atomic E-state index is 0. The van der Waals surface area contributed by atoms with Crippen LogP contribution in [0.3, 0.4) is 0 Å². The van der Waals surface area contributed by atoms with E-state index in [-0.39, 0.29) is 25.5 Å². The summed E-state index contributed by atoms with van der Waals surface area (Å²) in [5.41, 5.74) is 7.77. The van der Waals surface area contributed by atoms with Gasteiger partial charge in [0.05, 0.1) is 24.9 Å². The number of rotatable bonds is 4. The fraction of sp³-hybridized carbons (Fsp3) is 0.149. The zero-order chi connectivity index (χ0) is 36.0. The molecule has 0 atom stereocenters. The van der Waals surface area contributed by atoms with Gasteiger partial charge in [-0.2, -0.15) is 11.3 Å². The number of para-hydroxylation sites is 2. The summed E-state index contributed by atoms with van der Waals surface area (Å²) in [7, 11) is -1.28. The summed E-state index contributed by atoms with van der Waals surface area (Å²) in [6.45, 7) is 13.8. The number of pyridine rings is 1. The third kappa shape index (κ3) is 7.30. The first-order valence-corrected chi connectivity index (χ1v) is 22.1. The summed E-state index contributed by atoms with van der Waals surface area (Å²) in [5, 5.41) is 6.38. The van der Waals surface area contributed by atoms with Gasteiger partial charge in [0.25, 0.3) is 0 Å². The zero-order valence-electron chi connectivity index (χ0n) is 30.9. The first-order valence-electron chi connectivity index (χ1n) is 17.8. The molecule has 0 aliphatic rings. The van der Waals surface area contributed by atoms with Gasteiger partial charge in [-0.05, 0) is 62.3 Å². The van der Waals surface area contributed by atoms with Gasteiger partial charge in [-0.15, -0.1) is 52.9 Å². The van der Waals surface area contributed by atoms with Crippen LogP contribution in [0.4, 0.5) is 0 Å². The van der Waals surface area contributed by atoms with Crippen LogP contribution in [0.25, 0.3) is 70.3 Å². The zero-order valence-corrected chi connectivity index (χ0v) is 35.1. The van der Waals surface area contributed by atoms with Crippen molar-refractivity contribution < 1.29 is 20.1 Å².